The van der Waals surface area contributed by atoms with Crippen LogP contribution in [0.2, 0.25) is 0 Å². The van der Waals surface area contributed by atoms with Gasteiger partial charge in [-0.05, 0) is 11.6 Å². The molecule has 0 fully saturated rings. The minimum Gasteiger partial charge on any atom is -0.388 e. The molecule has 1 aromatic carbocycles. The normalized spacial score (nSPS) is 12.4. The molecule has 0 saturated heterocycles. The van der Waals surface area contributed by atoms with Gasteiger partial charge in [0.05, 0.1) is 12.3 Å². The van der Waals surface area contributed by atoms with Crippen molar-refractivity contribution in [2.45, 2.75) is 12.5 Å². The maximum Gasteiger partial charge on any atom is 0.141 e. The summed E-state index contributed by atoms with van der Waals surface area (Å²) >= 11 is 0. The third-order valence-corrected chi connectivity index (χ3v) is 2.38. The van der Waals surface area contributed by atoms with Gasteiger partial charge in [-0.15, -0.1) is 0 Å². The van der Waals surface area contributed by atoms with Crippen LogP contribution in [0.3, 0.4) is 0 Å². The Morgan fingerprint density at radius 2 is 1.94 bits per heavy atom. The Bertz CT molecular complexity index is 458. The second kappa shape index (κ2) is 4.86. The monoisotopic (exact) mass is 217 g/mol. The lowest BCUT2D eigenvalue weighted by Gasteiger charge is -2.10. The Hall–Kier alpha value is -1.74. The lowest BCUT2D eigenvalue weighted by Crippen LogP contribution is -2.02. The summed E-state index contributed by atoms with van der Waals surface area (Å²) in [6.07, 6.45) is 2.35. The summed E-state index contributed by atoms with van der Waals surface area (Å²) in [5, 5.41) is 9.89. The average Bonchev–Trinajstić information content (AvgIpc) is 2.30. The molecule has 1 heterocycles. The topological polar surface area (TPSA) is 33.1 Å². The van der Waals surface area contributed by atoms with E-state index in [1.54, 1.807) is 0 Å². The van der Waals surface area contributed by atoms with Crippen LogP contribution in [0, 0.1) is 5.82 Å². The van der Waals surface area contributed by atoms with E-state index in [0.717, 1.165) is 11.8 Å². The van der Waals surface area contributed by atoms with E-state index in [-0.39, 0.29) is 0 Å². The van der Waals surface area contributed by atoms with Crippen LogP contribution >= 0.6 is 0 Å². The van der Waals surface area contributed by atoms with Gasteiger partial charge in [-0.25, -0.2) is 4.39 Å². The number of hydrogen-bond donors (Lipinski definition) is 1. The van der Waals surface area contributed by atoms with Gasteiger partial charge < -0.3 is 5.11 Å². The van der Waals surface area contributed by atoms with Crippen molar-refractivity contribution in [1.29, 1.82) is 0 Å². The minimum atomic E-state index is -0.717. The second-order valence-corrected chi connectivity index (χ2v) is 3.64. The molecule has 0 saturated carbocycles. The van der Waals surface area contributed by atoms with Crippen molar-refractivity contribution in [3.05, 3.63) is 65.7 Å². The fourth-order valence-electron chi connectivity index (χ4n) is 1.57. The van der Waals surface area contributed by atoms with Gasteiger partial charge in [0.15, 0.2) is 0 Å². The molecule has 0 radical (unpaired) electrons. The Morgan fingerprint density at radius 3 is 2.62 bits per heavy atom. The highest BCUT2D eigenvalue weighted by atomic mass is 19.1. The van der Waals surface area contributed by atoms with Crippen LogP contribution in [0.15, 0.2) is 48.8 Å². The van der Waals surface area contributed by atoms with Crippen molar-refractivity contribution in [2.24, 2.45) is 0 Å². The van der Waals surface area contributed by atoms with Crippen molar-refractivity contribution in [1.82, 2.24) is 4.98 Å². The summed E-state index contributed by atoms with van der Waals surface area (Å²) in [4.78, 5) is 3.71. The van der Waals surface area contributed by atoms with Crippen LogP contribution in [-0.4, -0.2) is 10.1 Å². The van der Waals surface area contributed by atoms with E-state index in [0.29, 0.717) is 12.0 Å². The molecular formula is C13H12FNO. The Morgan fingerprint density at radius 1 is 1.19 bits per heavy atom. The van der Waals surface area contributed by atoms with Crippen LogP contribution in [0.25, 0.3) is 0 Å². The fraction of sp³-hybridized carbons (Fsp3) is 0.154. The van der Waals surface area contributed by atoms with E-state index in [2.05, 4.69) is 4.98 Å². The van der Waals surface area contributed by atoms with Gasteiger partial charge in [-0.2, -0.15) is 0 Å². The highest BCUT2D eigenvalue weighted by Gasteiger charge is 2.09. The van der Waals surface area contributed by atoms with E-state index >= 15 is 0 Å². The number of aliphatic hydroxyl groups is 1. The summed E-state index contributed by atoms with van der Waals surface area (Å²) < 4.78 is 12.9. The Kier molecular flexibility index (Phi) is 3.27. The van der Waals surface area contributed by atoms with Gasteiger partial charge in [0, 0.05) is 18.2 Å². The molecular weight excluding hydrogens is 205 g/mol. The molecule has 0 aliphatic carbocycles. The lowest BCUT2D eigenvalue weighted by atomic mass is 10.0. The fourth-order valence-corrected chi connectivity index (χ4v) is 1.57. The predicted molar refractivity (Wildman–Crippen MR) is 59.3 cm³/mol. The van der Waals surface area contributed by atoms with Crippen LogP contribution in [0.5, 0.6) is 0 Å². The van der Waals surface area contributed by atoms with Crippen LogP contribution in [-0.2, 0) is 6.42 Å². The smallest absolute Gasteiger partial charge is 0.141 e. The van der Waals surface area contributed by atoms with Crippen LogP contribution < -0.4 is 0 Å². The molecule has 0 aliphatic rings. The maximum atomic E-state index is 12.9. The zero-order chi connectivity index (χ0) is 11.4. The molecule has 1 atom stereocenters. The highest BCUT2D eigenvalue weighted by Crippen LogP contribution is 2.17. The summed E-state index contributed by atoms with van der Waals surface area (Å²) in [6.45, 7) is 0. The number of aliphatic hydroxyl groups excluding tert-OH is 1. The van der Waals surface area contributed by atoms with Crippen LogP contribution in [0.1, 0.15) is 17.2 Å². The maximum absolute atomic E-state index is 12.9. The minimum absolute atomic E-state index is 0.426. The Balaban J connectivity index is 2.12. The van der Waals surface area contributed by atoms with Crippen molar-refractivity contribution < 1.29 is 9.50 Å². The first-order valence-corrected chi connectivity index (χ1v) is 5.08. The van der Waals surface area contributed by atoms with Crippen molar-refractivity contribution in [3.8, 4) is 0 Å². The Labute approximate surface area is 93.4 Å². The van der Waals surface area contributed by atoms with Gasteiger partial charge in [-0.1, -0.05) is 30.3 Å². The molecule has 3 heteroatoms. The highest BCUT2D eigenvalue weighted by molar-refractivity contribution is 5.20. The first-order chi connectivity index (χ1) is 7.75. The number of hydrogen-bond acceptors (Lipinski definition) is 2. The first kappa shape index (κ1) is 10.8. The summed E-state index contributed by atoms with van der Waals surface area (Å²) in [5.74, 6) is -0.426. The average molecular weight is 217 g/mol. The van der Waals surface area contributed by atoms with Gasteiger partial charge in [-0.3, -0.25) is 4.98 Å². The zero-order valence-corrected chi connectivity index (χ0v) is 8.68. The summed E-state index contributed by atoms with van der Waals surface area (Å²) in [6, 6.07) is 10.9. The summed E-state index contributed by atoms with van der Waals surface area (Å²) in [5.41, 5.74) is 1.52. The van der Waals surface area contributed by atoms with Crippen molar-refractivity contribution in [2.75, 3.05) is 0 Å². The van der Waals surface area contributed by atoms with Gasteiger partial charge >= 0.3 is 0 Å². The van der Waals surface area contributed by atoms with Crippen LogP contribution in [0.4, 0.5) is 4.39 Å². The SMILES string of the molecule is OC(Cc1ccccc1)c1cncc(F)c1. The molecule has 16 heavy (non-hydrogen) atoms. The van der Waals surface area contributed by atoms with E-state index < -0.39 is 11.9 Å². The molecule has 1 unspecified atom stereocenters. The quantitative estimate of drug-likeness (QED) is 0.856. The van der Waals surface area contributed by atoms with E-state index in [4.69, 9.17) is 0 Å². The third-order valence-electron chi connectivity index (χ3n) is 2.38. The van der Waals surface area contributed by atoms with E-state index in [1.807, 2.05) is 30.3 Å². The molecule has 0 aliphatic heterocycles. The van der Waals surface area contributed by atoms with Gasteiger partial charge in [0.2, 0.25) is 0 Å². The standard InChI is InChI=1S/C13H12FNO/c14-12-7-11(8-15-9-12)13(16)6-10-4-2-1-3-5-10/h1-5,7-9,13,16H,6H2. The molecule has 1 aromatic heterocycles. The second-order valence-electron chi connectivity index (χ2n) is 3.64. The first-order valence-electron chi connectivity index (χ1n) is 5.08. The number of halogens is 1. The molecule has 0 bridgehead atoms. The van der Waals surface area contributed by atoms with Gasteiger partial charge in [0.1, 0.15) is 5.82 Å². The number of nitrogens with zero attached hydrogens (tertiary/aromatic N) is 1. The number of aromatic nitrogens is 1. The molecule has 0 amide bonds. The molecule has 2 aromatic rings. The molecule has 2 rings (SSSR count). The lowest BCUT2D eigenvalue weighted by molar-refractivity contribution is 0.177. The molecule has 1 N–H and O–H groups in total. The van der Waals surface area contributed by atoms with Gasteiger partial charge in [0.25, 0.3) is 0 Å². The number of rotatable bonds is 3. The zero-order valence-electron chi connectivity index (χ0n) is 8.68. The number of benzene rings is 1. The molecule has 82 valence electrons. The third kappa shape index (κ3) is 2.64. The molecule has 0 spiro atoms. The van der Waals surface area contributed by atoms with Crippen molar-refractivity contribution >= 4 is 0 Å². The predicted octanol–water partition coefficient (Wildman–Crippen LogP) is 2.50. The summed E-state index contributed by atoms with van der Waals surface area (Å²) in [7, 11) is 0. The largest absolute Gasteiger partial charge is 0.388 e. The number of pyridine rings is 1. The molecule has 2 nitrogen and oxygen atoms in total. The van der Waals surface area contributed by atoms with E-state index in [9.17, 15) is 9.50 Å². The van der Waals surface area contributed by atoms with E-state index in [1.165, 1.54) is 12.3 Å². The van der Waals surface area contributed by atoms with Crippen molar-refractivity contribution in [3.63, 3.8) is 0 Å².